The number of anilines is 1. The van der Waals surface area contributed by atoms with E-state index in [1.165, 1.54) is 12.8 Å². The summed E-state index contributed by atoms with van der Waals surface area (Å²) in [6.07, 6.45) is 7.08. The summed E-state index contributed by atoms with van der Waals surface area (Å²) < 4.78 is 5.82. The summed E-state index contributed by atoms with van der Waals surface area (Å²) in [5.41, 5.74) is 0.881. The lowest BCUT2D eigenvalue weighted by Gasteiger charge is -2.42. The Kier molecular flexibility index (Phi) is 7.69. The van der Waals surface area contributed by atoms with E-state index in [2.05, 4.69) is 46.8 Å². The van der Waals surface area contributed by atoms with Gasteiger partial charge in [-0.15, -0.1) is 0 Å². The smallest absolute Gasteiger partial charge is 0.248 e. The minimum atomic E-state index is 0.0846. The number of fused-ring (bicyclic) bond motifs is 1. The van der Waals surface area contributed by atoms with Gasteiger partial charge in [0.1, 0.15) is 24.4 Å². The molecule has 2 aromatic heterocycles. The van der Waals surface area contributed by atoms with Crippen LogP contribution in [0.3, 0.4) is 0 Å². The number of hydrogen-bond donors (Lipinski definition) is 1. The molecule has 30 heavy (non-hydrogen) atoms. The van der Waals surface area contributed by atoms with Crippen LogP contribution in [0, 0.1) is 17.8 Å². The highest BCUT2D eigenvalue weighted by Gasteiger charge is 2.34. The maximum Gasteiger partial charge on any atom is 0.248 e. The SMILES string of the molecule is CCN(CC)C(=O)COC[C@H](C)[C@H]1CC[C@@H](C)[C@@H](N(C)c2ncnc3[nH]ccc23)C1. The molecule has 0 unspecified atom stereocenters. The number of hydrogen-bond acceptors (Lipinski definition) is 5. The Morgan fingerprint density at radius 1 is 1.30 bits per heavy atom. The van der Waals surface area contributed by atoms with E-state index in [0.717, 1.165) is 36.4 Å². The van der Waals surface area contributed by atoms with Crippen molar-refractivity contribution in [3.05, 3.63) is 18.6 Å². The molecule has 3 rings (SSSR count). The van der Waals surface area contributed by atoms with Gasteiger partial charge in [0.15, 0.2) is 0 Å². The van der Waals surface area contributed by atoms with E-state index in [9.17, 15) is 4.79 Å². The molecular formula is C23H37N5O2. The molecule has 0 radical (unpaired) electrons. The van der Waals surface area contributed by atoms with Gasteiger partial charge in [-0.1, -0.05) is 13.8 Å². The van der Waals surface area contributed by atoms with Crippen molar-refractivity contribution in [3.8, 4) is 0 Å². The van der Waals surface area contributed by atoms with E-state index in [0.29, 0.717) is 30.4 Å². The molecule has 0 aliphatic heterocycles. The number of aromatic amines is 1. The van der Waals surface area contributed by atoms with Crippen LogP contribution in [-0.2, 0) is 9.53 Å². The van der Waals surface area contributed by atoms with Gasteiger partial charge in [-0.3, -0.25) is 4.79 Å². The summed E-state index contributed by atoms with van der Waals surface area (Å²) in [5.74, 6) is 2.69. The van der Waals surface area contributed by atoms with Gasteiger partial charge >= 0.3 is 0 Å². The Bertz CT molecular complexity index is 819. The second-order valence-electron chi connectivity index (χ2n) is 8.72. The van der Waals surface area contributed by atoms with Crippen LogP contribution in [0.2, 0.25) is 0 Å². The normalized spacial score (nSPS) is 22.8. The molecule has 1 N–H and O–H groups in total. The molecule has 1 saturated carbocycles. The van der Waals surface area contributed by atoms with Crippen molar-refractivity contribution >= 4 is 22.8 Å². The zero-order valence-electron chi connectivity index (χ0n) is 19.1. The zero-order chi connectivity index (χ0) is 21.7. The summed E-state index contributed by atoms with van der Waals surface area (Å²) >= 11 is 0. The second-order valence-corrected chi connectivity index (χ2v) is 8.72. The van der Waals surface area contributed by atoms with Crippen LogP contribution in [0.15, 0.2) is 18.6 Å². The molecule has 0 aromatic carbocycles. The summed E-state index contributed by atoms with van der Waals surface area (Å²) in [5, 5.41) is 1.07. The van der Waals surface area contributed by atoms with Gasteiger partial charge in [-0.25, -0.2) is 9.97 Å². The first-order chi connectivity index (χ1) is 14.5. The zero-order valence-corrected chi connectivity index (χ0v) is 19.1. The maximum absolute atomic E-state index is 12.2. The molecule has 2 heterocycles. The summed E-state index contributed by atoms with van der Waals surface area (Å²) in [4.78, 5) is 28.4. The molecule has 7 nitrogen and oxygen atoms in total. The second kappa shape index (κ2) is 10.2. The van der Waals surface area contributed by atoms with E-state index in [4.69, 9.17) is 4.74 Å². The lowest BCUT2D eigenvalue weighted by atomic mass is 9.74. The Hall–Kier alpha value is -2.15. The molecule has 1 amide bonds. The number of carbonyl (C=O) groups excluding carboxylic acids is 1. The number of H-pyrrole nitrogens is 1. The molecule has 0 saturated heterocycles. The molecule has 166 valence electrons. The Labute approximate surface area is 180 Å². The minimum Gasteiger partial charge on any atom is -0.371 e. The highest BCUT2D eigenvalue weighted by Crippen LogP contribution is 2.38. The van der Waals surface area contributed by atoms with Crippen molar-refractivity contribution in [2.45, 2.75) is 53.0 Å². The Morgan fingerprint density at radius 2 is 2.07 bits per heavy atom. The van der Waals surface area contributed by atoms with Crippen molar-refractivity contribution < 1.29 is 9.53 Å². The van der Waals surface area contributed by atoms with E-state index in [1.54, 1.807) is 6.33 Å². The molecule has 2 aromatic rings. The average Bonchev–Trinajstić information content (AvgIpc) is 3.23. The molecule has 1 aliphatic rings. The quantitative estimate of drug-likeness (QED) is 0.676. The van der Waals surface area contributed by atoms with Crippen LogP contribution in [0.4, 0.5) is 5.82 Å². The standard InChI is InChI=1S/C23H37N5O2/c1-6-28(7-2)21(29)14-30-13-17(4)18-9-8-16(3)20(12-18)27(5)23-19-10-11-24-22(19)25-15-26-23/h10-11,15-18,20H,6-9,12-14H2,1-5H3,(H,24,25,26)/t16-,17+,18+,20+/m1/s1. The van der Waals surface area contributed by atoms with Crippen LogP contribution in [0.25, 0.3) is 11.0 Å². The first-order valence-electron chi connectivity index (χ1n) is 11.3. The van der Waals surface area contributed by atoms with E-state index >= 15 is 0 Å². The minimum absolute atomic E-state index is 0.0846. The van der Waals surface area contributed by atoms with Crippen molar-refractivity contribution in [2.75, 3.05) is 38.3 Å². The van der Waals surface area contributed by atoms with E-state index in [-0.39, 0.29) is 12.5 Å². The largest absolute Gasteiger partial charge is 0.371 e. The number of nitrogens with zero attached hydrogens (tertiary/aromatic N) is 4. The van der Waals surface area contributed by atoms with Gasteiger partial charge in [0.05, 0.1) is 12.0 Å². The third-order valence-corrected chi connectivity index (χ3v) is 6.89. The van der Waals surface area contributed by atoms with Gasteiger partial charge in [0, 0.05) is 32.4 Å². The highest BCUT2D eigenvalue weighted by atomic mass is 16.5. The fraction of sp³-hybridized carbons (Fsp3) is 0.696. The summed E-state index contributed by atoms with van der Waals surface area (Å²) in [6.45, 7) is 10.9. The third-order valence-electron chi connectivity index (χ3n) is 6.89. The third kappa shape index (κ3) is 4.94. The number of carbonyl (C=O) groups is 1. The Balaban J connectivity index is 1.59. The predicted octanol–water partition coefficient (Wildman–Crippen LogP) is 3.72. The van der Waals surface area contributed by atoms with Crippen LogP contribution in [0.5, 0.6) is 0 Å². The number of likely N-dealkylation sites (N-methyl/N-ethyl adjacent to an activating group) is 1. The molecule has 4 atom stereocenters. The number of nitrogens with one attached hydrogen (secondary N) is 1. The van der Waals surface area contributed by atoms with E-state index in [1.807, 2.05) is 24.9 Å². The number of ether oxygens (including phenoxy) is 1. The van der Waals surface area contributed by atoms with Crippen LogP contribution >= 0.6 is 0 Å². The monoisotopic (exact) mass is 415 g/mol. The maximum atomic E-state index is 12.2. The summed E-state index contributed by atoms with van der Waals surface area (Å²) in [6, 6.07) is 2.48. The first-order valence-corrected chi connectivity index (χ1v) is 11.3. The van der Waals surface area contributed by atoms with E-state index < -0.39 is 0 Å². The molecule has 0 bridgehead atoms. The molecule has 7 heteroatoms. The van der Waals surface area contributed by atoms with Crippen LogP contribution in [-0.4, -0.2) is 65.2 Å². The van der Waals surface area contributed by atoms with Crippen molar-refractivity contribution in [3.63, 3.8) is 0 Å². The van der Waals surface area contributed by atoms with Gasteiger partial charge < -0.3 is 19.5 Å². The number of amides is 1. The fourth-order valence-electron chi connectivity index (χ4n) is 4.82. The van der Waals surface area contributed by atoms with Gasteiger partial charge in [-0.05, 0) is 56.9 Å². The van der Waals surface area contributed by atoms with Crippen LogP contribution < -0.4 is 4.90 Å². The van der Waals surface area contributed by atoms with Crippen molar-refractivity contribution in [1.82, 2.24) is 19.9 Å². The summed E-state index contributed by atoms with van der Waals surface area (Å²) in [7, 11) is 2.15. The predicted molar refractivity (Wildman–Crippen MR) is 120 cm³/mol. The number of rotatable bonds is 9. The average molecular weight is 416 g/mol. The first kappa shape index (κ1) is 22.5. The fourth-order valence-corrected chi connectivity index (χ4v) is 4.82. The lowest BCUT2D eigenvalue weighted by Crippen LogP contribution is -2.43. The highest BCUT2D eigenvalue weighted by molar-refractivity contribution is 5.87. The van der Waals surface area contributed by atoms with Crippen molar-refractivity contribution in [1.29, 1.82) is 0 Å². The van der Waals surface area contributed by atoms with Crippen molar-refractivity contribution in [2.24, 2.45) is 17.8 Å². The number of aromatic nitrogens is 3. The molecular weight excluding hydrogens is 378 g/mol. The molecule has 1 fully saturated rings. The van der Waals surface area contributed by atoms with Gasteiger partial charge in [-0.2, -0.15) is 0 Å². The van der Waals surface area contributed by atoms with Gasteiger partial charge in [0.25, 0.3) is 0 Å². The molecule has 1 aliphatic carbocycles. The van der Waals surface area contributed by atoms with Gasteiger partial charge in [0.2, 0.25) is 5.91 Å². The van der Waals surface area contributed by atoms with Crippen LogP contribution in [0.1, 0.15) is 47.0 Å². The Morgan fingerprint density at radius 3 is 2.80 bits per heavy atom. The molecule has 0 spiro atoms. The lowest BCUT2D eigenvalue weighted by molar-refractivity contribution is -0.136. The topological polar surface area (TPSA) is 74.3 Å².